The average molecular weight is 790 g/mol. The third-order valence-electron chi connectivity index (χ3n) is 10.8. The third-order valence-corrected chi connectivity index (χ3v) is 10.8. The summed E-state index contributed by atoms with van der Waals surface area (Å²) in [5.74, 6) is 3.11. The molecule has 9 nitrogen and oxygen atoms in total. The predicted molar refractivity (Wildman–Crippen MR) is 223 cm³/mol. The van der Waals surface area contributed by atoms with Crippen molar-refractivity contribution in [3.05, 3.63) is 91.0 Å². The molecule has 0 aliphatic carbocycles. The zero-order valence-electron chi connectivity index (χ0n) is 31.7. The van der Waals surface area contributed by atoms with E-state index in [-0.39, 0.29) is 17.1 Å². The van der Waals surface area contributed by atoms with Gasteiger partial charge >= 0.3 is 0 Å². The molecule has 10 heteroatoms. The molecule has 56 heavy (non-hydrogen) atoms. The number of nitrogens with one attached hydrogen (secondary N) is 2. The smallest absolute Gasteiger partial charge is 0.164 e. The Morgan fingerprint density at radius 1 is 0.411 bits per heavy atom. The van der Waals surface area contributed by atoms with Gasteiger partial charge in [0, 0.05) is 55.5 Å². The van der Waals surface area contributed by atoms with Crippen molar-refractivity contribution in [3.63, 3.8) is 0 Å². The summed E-state index contributed by atoms with van der Waals surface area (Å²) in [4.78, 5) is 37.7. The Balaban J connectivity index is 0.00000441. The van der Waals surface area contributed by atoms with Gasteiger partial charge in [0.2, 0.25) is 0 Å². The Morgan fingerprint density at radius 2 is 0.804 bits per heavy atom. The minimum absolute atomic E-state index is 0. The molecule has 2 aliphatic heterocycles. The van der Waals surface area contributed by atoms with Crippen LogP contribution < -0.4 is 4.74 Å². The molecule has 4 aromatic carbocycles. The van der Waals surface area contributed by atoms with Crippen LogP contribution in [-0.4, -0.2) is 46.5 Å². The Morgan fingerprint density at radius 3 is 1.30 bits per heavy atom. The van der Waals surface area contributed by atoms with E-state index < -0.39 is 0 Å². The van der Waals surface area contributed by atoms with E-state index in [1.54, 1.807) is 0 Å². The van der Waals surface area contributed by atoms with Crippen LogP contribution in [0, 0.1) is 0 Å². The predicted octanol–water partition coefficient (Wildman–Crippen LogP) is 11.9. The van der Waals surface area contributed by atoms with E-state index in [0.29, 0.717) is 52.5 Å². The van der Waals surface area contributed by atoms with Gasteiger partial charge in [-0.1, -0.05) is 162 Å². The fraction of sp³-hybridized carbons (Fsp3) is 0.304. The summed E-state index contributed by atoms with van der Waals surface area (Å²) in [6.07, 6.45) is 15.6. The molecule has 0 spiro atoms. The topological polar surface area (TPSA) is 118 Å². The first kappa shape index (κ1) is 37.5. The summed E-state index contributed by atoms with van der Waals surface area (Å²) in [5.41, 5.74) is 6.31. The second-order valence-electron chi connectivity index (χ2n) is 14.7. The molecule has 5 heterocycles. The van der Waals surface area contributed by atoms with Gasteiger partial charge in [-0.15, -0.1) is 0 Å². The maximum absolute atomic E-state index is 6.55. The Labute approximate surface area is 337 Å². The number of ether oxygens (including phenoxy) is 1. The van der Waals surface area contributed by atoms with E-state index in [2.05, 4.69) is 35.1 Å². The molecule has 0 fully saturated rings. The van der Waals surface area contributed by atoms with Gasteiger partial charge < -0.3 is 14.7 Å². The van der Waals surface area contributed by atoms with Crippen LogP contribution in [0.3, 0.4) is 0 Å². The van der Waals surface area contributed by atoms with Crippen LogP contribution in [-0.2, 0) is 17.1 Å². The molecule has 287 valence electrons. The van der Waals surface area contributed by atoms with Crippen LogP contribution in [0.1, 0.15) is 84.0 Å². The van der Waals surface area contributed by atoms with E-state index in [0.717, 1.165) is 62.4 Å². The second-order valence-corrected chi connectivity index (χ2v) is 14.7. The van der Waals surface area contributed by atoms with Crippen molar-refractivity contribution in [1.82, 2.24) is 39.9 Å². The van der Waals surface area contributed by atoms with Crippen molar-refractivity contribution < 1.29 is 21.8 Å². The largest absolute Gasteiger partial charge is 0.493 e. The van der Waals surface area contributed by atoms with Gasteiger partial charge in [0.25, 0.3) is 0 Å². The number of fused-ring (bicyclic) bond motifs is 20. The maximum Gasteiger partial charge on any atom is 0.164 e. The van der Waals surface area contributed by atoms with Gasteiger partial charge in [0.15, 0.2) is 23.3 Å². The van der Waals surface area contributed by atoms with Crippen molar-refractivity contribution >= 4 is 44.1 Å². The molecule has 0 amide bonds. The van der Waals surface area contributed by atoms with Gasteiger partial charge in [0.05, 0.1) is 12.0 Å². The number of benzene rings is 4. The van der Waals surface area contributed by atoms with E-state index in [1.165, 1.54) is 64.2 Å². The van der Waals surface area contributed by atoms with Crippen LogP contribution in [0.2, 0.25) is 0 Å². The van der Waals surface area contributed by atoms with Crippen molar-refractivity contribution in [2.75, 3.05) is 6.61 Å². The molecule has 8 bridgehead atoms. The van der Waals surface area contributed by atoms with E-state index >= 15 is 0 Å². The molecule has 7 aromatic rings. The minimum Gasteiger partial charge on any atom is -0.493 e. The molecule has 2 aliphatic rings. The van der Waals surface area contributed by atoms with Crippen molar-refractivity contribution in [2.45, 2.75) is 84.0 Å². The quantitative estimate of drug-likeness (QED) is 0.0831. The van der Waals surface area contributed by atoms with Crippen molar-refractivity contribution in [3.8, 4) is 51.3 Å². The van der Waals surface area contributed by atoms with Gasteiger partial charge in [-0.25, -0.2) is 29.9 Å². The number of nitrogens with zero attached hydrogens (tertiary/aromatic N) is 6. The molecule has 0 saturated heterocycles. The van der Waals surface area contributed by atoms with E-state index in [1.807, 2.05) is 72.8 Å². The fourth-order valence-corrected chi connectivity index (χ4v) is 7.90. The third kappa shape index (κ3) is 7.56. The molecule has 0 saturated carbocycles. The number of aromatic amines is 2. The summed E-state index contributed by atoms with van der Waals surface area (Å²) >= 11 is 0. The number of unbranched alkanes of at least 4 members (excludes halogenated alkanes) is 11. The number of hydrogen-bond acceptors (Lipinski definition) is 7. The standard InChI is InChI=1S/C46H46N8O.Cu/c1-2-3-4-5-6-7-8-9-10-11-12-19-29-55-37-28-20-27-36-38(37)46-53-44-35-26-18-17-25-34(35)42(51-44)49-40-31-22-14-13-21-30(31)39(47-40)48-41-32-23-15-16-24-33(32)43(50-41)52-45(36)54-46;/h13-18,20-28H,2-12,19,29H2,1H3,(H2,47,48,49,50,51,52,53,54);. The normalized spacial score (nSPS) is 11.7. The molecule has 2 N–H and O–H groups in total. The second kappa shape index (κ2) is 17.1. The summed E-state index contributed by atoms with van der Waals surface area (Å²) in [7, 11) is 0. The van der Waals surface area contributed by atoms with E-state index in [4.69, 9.17) is 34.6 Å². The summed E-state index contributed by atoms with van der Waals surface area (Å²) < 4.78 is 6.55. The first-order chi connectivity index (χ1) is 27.2. The minimum atomic E-state index is 0. The fourth-order valence-electron chi connectivity index (χ4n) is 7.90. The summed E-state index contributed by atoms with van der Waals surface area (Å²) in [6.45, 7) is 2.92. The zero-order valence-corrected chi connectivity index (χ0v) is 32.7. The van der Waals surface area contributed by atoms with Crippen LogP contribution in [0.25, 0.3) is 89.7 Å². The van der Waals surface area contributed by atoms with Crippen molar-refractivity contribution in [2.24, 2.45) is 0 Å². The molecule has 0 atom stereocenters. The molecule has 1 radical (unpaired) electrons. The number of H-pyrrole nitrogens is 2. The van der Waals surface area contributed by atoms with Crippen LogP contribution in [0.4, 0.5) is 0 Å². The number of hydrogen-bond donors (Lipinski definition) is 2. The zero-order chi connectivity index (χ0) is 37.0. The molecular weight excluding hydrogens is 744 g/mol. The molecule has 3 aromatic heterocycles. The first-order valence-electron chi connectivity index (χ1n) is 20.1. The monoisotopic (exact) mass is 789 g/mol. The van der Waals surface area contributed by atoms with Crippen molar-refractivity contribution in [1.29, 1.82) is 0 Å². The maximum atomic E-state index is 6.55. The molecular formula is C46H46CuN8O. The van der Waals surface area contributed by atoms with Gasteiger partial charge in [0.1, 0.15) is 28.3 Å². The Bertz CT molecular complexity index is 2660. The van der Waals surface area contributed by atoms with Gasteiger partial charge in [-0.2, -0.15) is 0 Å². The summed E-state index contributed by atoms with van der Waals surface area (Å²) in [5, 5.41) is 3.68. The first-order valence-corrected chi connectivity index (χ1v) is 20.1. The number of aromatic nitrogens is 8. The van der Waals surface area contributed by atoms with Crippen LogP contribution in [0.5, 0.6) is 5.75 Å². The van der Waals surface area contributed by atoms with Crippen LogP contribution >= 0.6 is 0 Å². The van der Waals surface area contributed by atoms with E-state index in [9.17, 15) is 0 Å². The number of rotatable bonds is 14. The SMILES string of the molecule is CCCCCCCCCCCCCCOc1cccc2c3nc4nc(nc5[nH]c(nc6nc(nc([nH]3)c12)-c1ccccc1-6)c1ccccc51)-c1ccccc1-4.[Cu]. The molecule has 0 unspecified atom stereocenters. The summed E-state index contributed by atoms with van der Waals surface area (Å²) in [6, 6.07) is 30.5. The van der Waals surface area contributed by atoms with Crippen LogP contribution in [0.15, 0.2) is 91.0 Å². The van der Waals surface area contributed by atoms with Gasteiger partial charge in [-0.3, -0.25) is 0 Å². The average Bonchev–Trinajstić information content (AvgIpc) is 3.96. The van der Waals surface area contributed by atoms with Gasteiger partial charge in [-0.05, 0) is 12.5 Å². The Hall–Kier alpha value is -5.44. The Kier molecular flexibility index (Phi) is 11.5. The molecule has 9 rings (SSSR count).